The Kier molecular flexibility index (Phi) is 8.21. The molecular weight excluding hydrogens is 525 g/mol. The van der Waals surface area contributed by atoms with Gasteiger partial charge in [-0.2, -0.15) is 23.3 Å². The number of aryl methyl sites for hydroxylation is 1. The number of nitrogens with two attached hydrogens (primary N) is 1. The fraction of sp³-hybridized carbons (Fsp3) is 0.346. The molecule has 1 fully saturated rings. The molecule has 212 valence electrons. The number of nitrogens with one attached hydrogen (secondary N) is 2. The van der Waals surface area contributed by atoms with Crippen molar-refractivity contribution in [1.29, 1.82) is 0 Å². The summed E-state index contributed by atoms with van der Waals surface area (Å²) in [6.07, 6.45) is -1.41. The Morgan fingerprint density at radius 3 is 2.50 bits per heavy atom. The lowest BCUT2D eigenvalue weighted by Crippen LogP contribution is -2.44. The molecule has 1 saturated heterocycles. The minimum Gasteiger partial charge on any atom is -0.368 e. The molecule has 1 aliphatic rings. The van der Waals surface area contributed by atoms with Gasteiger partial charge in [0.15, 0.2) is 11.5 Å². The highest BCUT2D eigenvalue weighted by Crippen LogP contribution is 2.34. The molecule has 11 nitrogen and oxygen atoms in total. The van der Waals surface area contributed by atoms with Crippen LogP contribution in [-0.2, 0) is 19.8 Å². The molecule has 0 atom stereocenters. The number of pyridine rings is 1. The van der Waals surface area contributed by atoms with Gasteiger partial charge in [0.25, 0.3) is 0 Å². The fourth-order valence-corrected chi connectivity index (χ4v) is 4.46. The highest BCUT2D eigenvalue weighted by molar-refractivity contribution is 5.99. The molecule has 0 bridgehead atoms. The van der Waals surface area contributed by atoms with Gasteiger partial charge in [0.1, 0.15) is 0 Å². The minimum atomic E-state index is -4.56. The Morgan fingerprint density at radius 2 is 1.77 bits per heavy atom. The van der Waals surface area contributed by atoms with Crippen molar-refractivity contribution in [3.63, 3.8) is 0 Å². The number of hydrogen-bond acceptors (Lipinski definition) is 8. The highest BCUT2D eigenvalue weighted by atomic mass is 19.4. The van der Waals surface area contributed by atoms with Crippen molar-refractivity contribution < 1.29 is 18.0 Å². The molecule has 0 spiro atoms. The third-order valence-electron chi connectivity index (χ3n) is 6.53. The first kappa shape index (κ1) is 28.7. The number of alkyl halides is 3. The van der Waals surface area contributed by atoms with Crippen LogP contribution >= 0.6 is 0 Å². The lowest BCUT2D eigenvalue weighted by Gasteiger charge is -2.33. The summed E-state index contributed by atoms with van der Waals surface area (Å²) in [6, 6.07) is 6.57. The Hall–Kier alpha value is -4.30. The van der Waals surface area contributed by atoms with Gasteiger partial charge in [-0.25, -0.2) is 14.8 Å². The number of benzene rings is 1. The Bertz CT molecular complexity index is 1510. The van der Waals surface area contributed by atoms with Gasteiger partial charge in [-0.1, -0.05) is 13.5 Å². The number of halogens is 3. The van der Waals surface area contributed by atoms with E-state index in [0.717, 1.165) is 19.2 Å². The molecule has 0 aliphatic carbocycles. The molecule has 1 aromatic carbocycles. The molecule has 0 radical (unpaired) electrons. The average molecular weight is 557 g/mol. The van der Waals surface area contributed by atoms with Crippen LogP contribution in [0.25, 0.3) is 22.3 Å². The van der Waals surface area contributed by atoms with Crippen molar-refractivity contribution >= 4 is 34.5 Å². The summed E-state index contributed by atoms with van der Waals surface area (Å²) in [5, 5.41) is 10.0. The average Bonchev–Trinajstić information content (AvgIpc) is 3.24. The molecule has 40 heavy (non-hydrogen) atoms. The second-order valence-corrected chi connectivity index (χ2v) is 9.43. The van der Waals surface area contributed by atoms with Crippen molar-refractivity contribution in [2.75, 3.05) is 49.6 Å². The van der Waals surface area contributed by atoms with E-state index in [9.17, 15) is 18.0 Å². The van der Waals surface area contributed by atoms with Gasteiger partial charge in [0.2, 0.25) is 5.95 Å². The van der Waals surface area contributed by atoms with Gasteiger partial charge in [-0.3, -0.25) is 14.9 Å². The number of amides is 2. The third-order valence-corrected chi connectivity index (χ3v) is 6.53. The lowest BCUT2D eigenvalue weighted by molar-refractivity contribution is -0.138. The van der Waals surface area contributed by atoms with Crippen molar-refractivity contribution in [2.45, 2.75) is 20.1 Å². The second-order valence-electron chi connectivity index (χ2n) is 9.43. The third kappa shape index (κ3) is 6.46. The van der Waals surface area contributed by atoms with E-state index in [0.29, 0.717) is 35.4 Å². The number of fused-ring (bicyclic) bond motifs is 1. The summed E-state index contributed by atoms with van der Waals surface area (Å²) in [5.74, 6) is 0.328. The van der Waals surface area contributed by atoms with Crippen molar-refractivity contribution in [2.24, 2.45) is 7.05 Å². The number of urea groups is 1. The van der Waals surface area contributed by atoms with Crippen molar-refractivity contribution in [1.82, 2.24) is 34.5 Å². The van der Waals surface area contributed by atoms with Gasteiger partial charge in [-0.05, 0) is 30.8 Å². The number of piperazine rings is 1. The number of anilines is 3. The zero-order valence-electron chi connectivity index (χ0n) is 21.3. The van der Waals surface area contributed by atoms with Gasteiger partial charge in [-0.15, -0.1) is 0 Å². The standard InChI is InChI=1S/C25H27F3N10O.CH4/c1-36-5-7-38(8-6-36)14-15-3-4-18(10-19(15)25(26,27)28)32-24(39)33-21-11-20(37(2)35-21)16-9-17-13-31-23(29)34-22(17)30-12-16;/h3-4,9-13H,5-8,14H2,1-2H3,(H2,29,30,31,34)(H2,32,33,35,39);1H4. The van der Waals surface area contributed by atoms with Crippen LogP contribution in [0.1, 0.15) is 18.6 Å². The maximum absolute atomic E-state index is 13.9. The first-order valence-electron chi connectivity index (χ1n) is 12.2. The molecule has 0 saturated carbocycles. The van der Waals surface area contributed by atoms with Crippen LogP contribution in [0.5, 0.6) is 0 Å². The number of likely N-dealkylation sites (N-methyl/N-ethyl adjacent to an activating group) is 1. The maximum atomic E-state index is 13.9. The SMILES string of the molecule is C.CN1CCN(Cc2ccc(NC(=O)Nc3cc(-c4cnc5nc(N)ncc5c4)n(C)n3)cc2C(F)(F)F)CC1. The Labute approximate surface area is 229 Å². The molecule has 0 unspecified atom stereocenters. The van der Waals surface area contributed by atoms with E-state index in [1.165, 1.54) is 12.1 Å². The number of nitrogen functional groups attached to an aromatic ring is 1. The van der Waals surface area contributed by atoms with Gasteiger partial charge in [0.05, 0.1) is 11.3 Å². The Morgan fingerprint density at radius 1 is 1.02 bits per heavy atom. The van der Waals surface area contributed by atoms with Crippen LogP contribution in [0, 0.1) is 0 Å². The summed E-state index contributed by atoms with van der Waals surface area (Å²) in [7, 11) is 3.68. The van der Waals surface area contributed by atoms with Gasteiger partial charge in [0, 0.05) is 74.9 Å². The molecule has 4 N–H and O–H groups in total. The maximum Gasteiger partial charge on any atom is 0.416 e. The van der Waals surface area contributed by atoms with E-state index >= 15 is 0 Å². The Balaban J connectivity index is 0.00000370. The fourth-order valence-electron chi connectivity index (χ4n) is 4.46. The van der Waals surface area contributed by atoms with Crippen molar-refractivity contribution in [3.8, 4) is 11.3 Å². The molecule has 2 amide bonds. The number of nitrogens with zero attached hydrogens (tertiary/aromatic N) is 7. The van der Waals surface area contributed by atoms with Crippen LogP contribution in [0.15, 0.2) is 42.7 Å². The van der Waals surface area contributed by atoms with Crippen LogP contribution < -0.4 is 16.4 Å². The quantitative estimate of drug-likeness (QED) is 0.336. The normalized spacial score (nSPS) is 14.6. The largest absolute Gasteiger partial charge is 0.416 e. The van der Waals surface area contributed by atoms with Crippen LogP contribution in [0.4, 0.5) is 35.4 Å². The molecule has 4 aromatic rings. The first-order chi connectivity index (χ1) is 18.5. The van der Waals surface area contributed by atoms with Crippen LogP contribution in [-0.4, -0.2) is 73.8 Å². The summed E-state index contributed by atoms with van der Waals surface area (Å²) < 4.78 is 43.1. The predicted molar refractivity (Wildman–Crippen MR) is 148 cm³/mol. The predicted octanol–water partition coefficient (Wildman–Crippen LogP) is 4.05. The summed E-state index contributed by atoms with van der Waals surface area (Å²) in [5.41, 5.74) is 6.81. The van der Waals surface area contributed by atoms with Crippen LogP contribution in [0.3, 0.4) is 0 Å². The van der Waals surface area contributed by atoms with Crippen LogP contribution in [0.2, 0.25) is 0 Å². The summed E-state index contributed by atoms with van der Waals surface area (Å²) >= 11 is 0. The van der Waals surface area contributed by atoms with E-state index in [1.807, 2.05) is 18.0 Å². The number of rotatable bonds is 5. The molecule has 5 rings (SSSR count). The lowest BCUT2D eigenvalue weighted by atomic mass is 10.0. The molecular formula is C26H31F3N10O. The van der Waals surface area contributed by atoms with E-state index in [4.69, 9.17) is 5.73 Å². The number of aromatic nitrogens is 5. The van der Waals surface area contributed by atoms with E-state index < -0.39 is 17.8 Å². The number of carbonyl (C=O) groups excluding carboxylic acids is 1. The van der Waals surface area contributed by atoms with Gasteiger partial charge < -0.3 is 16.0 Å². The zero-order valence-corrected chi connectivity index (χ0v) is 21.3. The van der Waals surface area contributed by atoms with E-state index in [1.54, 1.807) is 30.2 Å². The van der Waals surface area contributed by atoms with E-state index in [2.05, 4.69) is 35.6 Å². The van der Waals surface area contributed by atoms with Gasteiger partial charge >= 0.3 is 12.2 Å². The molecule has 3 aromatic heterocycles. The smallest absolute Gasteiger partial charge is 0.368 e. The topological polar surface area (TPSA) is 130 Å². The first-order valence-corrected chi connectivity index (χ1v) is 12.2. The number of hydrogen-bond donors (Lipinski definition) is 3. The summed E-state index contributed by atoms with van der Waals surface area (Å²) in [6.45, 7) is 3.18. The number of carbonyl (C=O) groups is 1. The second kappa shape index (κ2) is 11.4. The van der Waals surface area contributed by atoms with E-state index in [-0.39, 0.29) is 37.0 Å². The monoisotopic (exact) mass is 556 g/mol. The minimum absolute atomic E-state index is 0. The highest BCUT2D eigenvalue weighted by Gasteiger charge is 2.34. The van der Waals surface area contributed by atoms with Crippen molar-refractivity contribution in [3.05, 3.63) is 53.9 Å². The molecule has 1 aliphatic heterocycles. The molecule has 4 heterocycles. The molecule has 14 heteroatoms. The zero-order chi connectivity index (χ0) is 27.7. The summed E-state index contributed by atoms with van der Waals surface area (Å²) in [4.78, 5) is 29.1.